The van der Waals surface area contributed by atoms with Gasteiger partial charge in [-0.25, -0.2) is 0 Å². The van der Waals surface area contributed by atoms with Crippen molar-refractivity contribution < 1.29 is 14.3 Å². The molecule has 0 unspecified atom stereocenters. The van der Waals surface area contributed by atoms with Gasteiger partial charge in [-0.3, -0.25) is 4.79 Å². The van der Waals surface area contributed by atoms with Crippen molar-refractivity contribution in [1.29, 1.82) is 0 Å². The van der Waals surface area contributed by atoms with Crippen LogP contribution < -0.4 is 14.8 Å². The number of carbonyl (C=O) groups excluding carboxylic acids is 1. The van der Waals surface area contributed by atoms with Crippen LogP contribution >= 0.6 is 0 Å². The molecule has 5 heteroatoms. The number of aryl methyl sites for hydroxylation is 1. The van der Waals surface area contributed by atoms with Gasteiger partial charge in [0, 0.05) is 18.8 Å². The van der Waals surface area contributed by atoms with Gasteiger partial charge >= 0.3 is 0 Å². The maximum Gasteiger partial charge on any atom is 0.268 e. The zero-order valence-electron chi connectivity index (χ0n) is 18.2. The number of aromatic nitrogens is 1. The molecule has 5 rings (SSSR count). The summed E-state index contributed by atoms with van der Waals surface area (Å²) in [4.78, 5) is 13.4. The highest BCUT2D eigenvalue weighted by atomic mass is 16.7. The van der Waals surface area contributed by atoms with Gasteiger partial charge < -0.3 is 19.4 Å². The van der Waals surface area contributed by atoms with Crippen molar-refractivity contribution in [3.8, 4) is 11.5 Å². The lowest BCUT2D eigenvalue weighted by Gasteiger charge is -2.17. The van der Waals surface area contributed by atoms with Crippen LogP contribution in [0.2, 0.25) is 0 Å². The molecule has 1 aliphatic heterocycles. The highest BCUT2D eigenvalue weighted by molar-refractivity contribution is 5.95. The van der Waals surface area contributed by atoms with Crippen LogP contribution in [-0.2, 0) is 25.9 Å². The Kier molecular flexibility index (Phi) is 5.18. The molecular weight excluding hydrogens is 388 g/mol. The van der Waals surface area contributed by atoms with E-state index in [2.05, 4.69) is 48.0 Å². The molecule has 160 valence electrons. The van der Waals surface area contributed by atoms with Crippen LogP contribution in [0.3, 0.4) is 0 Å². The lowest BCUT2D eigenvalue weighted by Crippen LogP contribution is -2.27. The predicted octanol–water partition coefficient (Wildman–Crippen LogP) is 4.69. The van der Waals surface area contributed by atoms with Crippen molar-refractivity contribution in [1.82, 2.24) is 9.88 Å². The largest absolute Gasteiger partial charge is 0.454 e. The van der Waals surface area contributed by atoms with Crippen LogP contribution in [0.15, 0.2) is 42.5 Å². The van der Waals surface area contributed by atoms with E-state index in [1.54, 1.807) is 0 Å². The Morgan fingerprint density at radius 3 is 2.55 bits per heavy atom. The van der Waals surface area contributed by atoms with E-state index in [9.17, 15) is 4.79 Å². The SMILES string of the molecule is Cc1ccc(Cn2c3c(c(C)c2C(=O)NCc2ccc4c(c2)OCO4)CCCC3)cc1. The Morgan fingerprint density at radius 1 is 0.968 bits per heavy atom. The molecule has 0 fully saturated rings. The van der Waals surface area contributed by atoms with Crippen molar-refractivity contribution >= 4 is 5.91 Å². The highest BCUT2D eigenvalue weighted by Gasteiger charge is 2.26. The highest BCUT2D eigenvalue weighted by Crippen LogP contribution is 2.33. The Morgan fingerprint density at radius 2 is 1.71 bits per heavy atom. The van der Waals surface area contributed by atoms with E-state index in [-0.39, 0.29) is 12.7 Å². The first-order valence-corrected chi connectivity index (χ1v) is 11.0. The van der Waals surface area contributed by atoms with E-state index >= 15 is 0 Å². The molecule has 0 spiro atoms. The first kappa shape index (κ1) is 19.7. The molecule has 3 aromatic rings. The van der Waals surface area contributed by atoms with Crippen molar-refractivity contribution in [2.24, 2.45) is 0 Å². The molecule has 0 bridgehead atoms. The standard InChI is InChI=1S/C26H28N2O3/c1-17-7-9-19(10-8-17)15-28-22-6-4-3-5-21(22)18(2)25(28)26(29)27-14-20-11-12-23-24(13-20)31-16-30-23/h7-13H,3-6,14-16H2,1-2H3,(H,27,29). The fourth-order valence-electron chi connectivity index (χ4n) is 4.73. The second kappa shape index (κ2) is 8.14. The van der Waals surface area contributed by atoms with Crippen LogP contribution in [-0.4, -0.2) is 17.3 Å². The van der Waals surface area contributed by atoms with Crippen LogP contribution in [0.1, 0.15) is 56.8 Å². The van der Waals surface area contributed by atoms with Gasteiger partial charge in [0.25, 0.3) is 5.91 Å². The van der Waals surface area contributed by atoms with Gasteiger partial charge in [0.1, 0.15) is 5.69 Å². The quantitative estimate of drug-likeness (QED) is 0.656. The lowest BCUT2D eigenvalue weighted by atomic mass is 9.95. The molecule has 5 nitrogen and oxygen atoms in total. The maximum atomic E-state index is 13.4. The van der Waals surface area contributed by atoms with Crippen LogP contribution in [0.25, 0.3) is 0 Å². The van der Waals surface area contributed by atoms with Gasteiger partial charge in [-0.1, -0.05) is 35.9 Å². The fourth-order valence-corrected chi connectivity index (χ4v) is 4.73. The summed E-state index contributed by atoms with van der Waals surface area (Å²) in [7, 11) is 0. The number of nitrogens with zero attached hydrogens (tertiary/aromatic N) is 1. The maximum absolute atomic E-state index is 13.4. The number of rotatable bonds is 5. The number of carbonyl (C=O) groups is 1. The van der Waals surface area contributed by atoms with Gasteiger partial charge in [-0.2, -0.15) is 0 Å². The summed E-state index contributed by atoms with van der Waals surface area (Å²) < 4.78 is 13.1. The minimum atomic E-state index is -0.0170. The normalized spacial score (nSPS) is 14.4. The summed E-state index contributed by atoms with van der Waals surface area (Å²) in [6, 6.07) is 14.4. The van der Waals surface area contributed by atoms with Gasteiger partial charge in [-0.15, -0.1) is 0 Å². The molecule has 31 heavy (non-hydrogen) atoms. The molecule has 1 amide bonds. The zero-order valence-corrected chi connectivity index (χ0v) is 18.2. The van der Waals surface area contributed by atoms with Crippen molar-refractivity contribution in [2.75, 3.05) is 6.79 Å². The number of hydrogen-bond acceptors (Lipinski definition) is 3. The minimum Gasteiger partial charge on any atom is -0.454 e. The van der Waals surface area contributed by atoms with E-state index in [1.165, 1.54) is 35.2 Å². The minimum absolute atomic E-state index is 0.0170. The summed E-state index contributed by atoms with van der Waals surface area (Å²) in [5.41, 5.74) is 8.09. The third-order valence-corrected chi connectivity index (χ3v) is 6.41. The molecule has 0 saturated heterocycles. The molecule has 2 aliphatic rings. The van der Waals surface area contributed by atoms with Crippen LogP contribution in [0.4, 0.5) is 0 Å². The third-order valence-electron chi connectivity index (χ3n) is 6.41. The molecule has 1 aliphatic carbocycles. The average molecular weight is 417 g/mol. The lowest BCUT2D eigenvalue weighted by molar-refractivity contribution is 0.0941. The summed E-state index contributed by atoms with van der Waals surface area (Å²) in [6.07, 6.45) is 4.48. The summed E-state index contributed by atoms with van der Waals surface area (Å²) in [5.74, 6) is 1.48. The topological polar surface area (TPSA) is 52.5 Å². The summed E-state index contributed by atoms with van der Waals surface area (Å²) in [6.45, 7) is 5.63. The molecule has 0 saturated carbocycles. The van der Waals surface area contributed by atoms with Gasteiger partial charge in [0.05, 0.1) is 0 Å². The van der Waals surface area contributed by atoms with E-state index in [0.717, 1.165) is 47.7 Å². The molecule has 1 N–H and O–H groups in total. The third kappa shape index (κ3) is 3.80. The number of fused-ring (bicyclic) bond motifs is 2. The average Bonchev–Trinajstić information content (AvgIpc) is 3.36. The van der Waals surface area contributed by atoms with Gasteiger partial charge in [0.2, 0.25) is 6.79 Å². The second-order valence-corrected chi connectivity index (χ2v) is 8.55. The van der Waals surface area contributed by atoms with Crippen LogP contribution in [0.5, 0.6) is 11.5 Å². The molecule has 0 atom stereocenters. The molecule has 2 heterocycles. The van der Waals surface area contributed by atoms with E-state index in [1.807, 2.05) is 18.2 Å². The first-order valence-electron chi connectivity index (χ1n) is 11.0. The molecule has 1 aromatic heterocycles. The number of ether oxygens (including phenoxy) is 2. The Labute approximate surface area is 183 Å². The van der Waals surface area contributed by atoms with Crippen molar-refractivity contribution in [3.05, 3.63) is 81.7 Å². The Balaban J connectivity index is 1.42. The molecule has 0 radical (unpaired) electrons. The fraction of sp³-hybridized carbons (Fsp3) is 0.346. The second-order valence-electron chi connectivity index (χ2n) is 8.55. The van der Waals surface area contributed by atoms with Crippen LogP contribution in [0, 0.1) is 13.8 Å². The smallest absolute Gasteiger partial charge is 0.268 e. The first-order chi connectivity index (χ1) is 15.1. The summed E-state index contributed by atoms with van der Waals surface area (Å²) in [5, 5.41) is 3.14. The molecular formula is C26H28N2O3. The molecule has 2 aromatic carbocycles. The number of nitrogens with one attached hydrogen (secondary N) is 1. The van der Waals surface area contributed by atoms with E-state index in [0.29, 0.717) is 6.54 Å². The monoisotopic (exact) mass is 416 g/mol. The van der Waals surface area contributed by atoms with Gasteiger partial charge in [-0.05, 0) is 73.9 Å². The predicted molar refractivity (Wildman–Crippen MR) is 120 cm³/mol. The number of hydrogen-bond donors (Lipinski definition) is 1. The summed E-state index contributed by atoms with van der Waals surface area (Å²) >= 11 is 0. The number of benzene rings is 2. The Hall–Kier alpha value is -3.21. The zero-order chi connectivity index (χ0) is 21.4. The van der Waals surface area contributed by atoms with Crippen molar-refractivity contribution in [2.45, 2.75) is 52.6 Å². The number of amides is 1. The van der Waals surface area contributed by atoms with E-state index in [4.69, 9.17) is 9.47 Å². The van der Waals surface area contributed by atoms with Gasteiger partial charge in [0.15, 0.2) is 11.5 Å². The van der Waals surface area contributed by atoms with E-state index < -0.39 is 0 Å². The Bertz CT molecular complexity index is 1130. The van der Waals surface area contributed by atoms with Crippen molar-refractivity contribution in [3.63, 3.8) is 0 Å².